The maximum Gasteiger partial charge on any atom is 0.409 e. The second-order valence-corrected chi connectivity index (χ2v) is 15.5. The van der Waals surface area contributed by atoms with E-state index in [2.05, 4.69) is 5.32 Å². The van der Waals surface area contributed by atoms with Crippen LogP contribution in [0.4, 0.5) is 25.0 Å². The number of hydrogen-bond acceptors (Lipinski definition) is 11. The zero-order valence-electron chi connectivity index (χ0n) is 33.1. The van der Waals surface area contributed by atoms with Gasteiger partial charge in [0.25, 0.3) is 5.91 Å². The van der Waals surface area contributed by atoms with E-state index in [1.54, 1.807) is 45.2 Å². The average molecular weight is 819 g/mol. The van der Waals surface area contributed by atoms with Crippen LogP contribution in [0.25, 0.3) is 0 Å². The fourth-order valence-electron chi connectivity index (χ4n) is 7.47. The molecule has 8 atom stereocenters. The van der Waals surface area contributed by atoms with Crippen LogP contribution in [0.5, 0.6) is 5.75 Å². The van der Waals surface area contributed by atoms with E-state index in [-0.39, 0.29) is 30.2 Å². The van der Waals surface area contributed by atoms with E-state index >= 15 is 0 Å². The first-order valence-corrected chi connectivity index (χ1v) is 18.7. The van der Waals surface area contributed by atoms with Crippen LogP contribution in [0.1, 0.15) is 62.9 Å². The van der Waals surface area contributed by atoms with Gasteiger partial charge < -0.3 is 44.3 Å². The van der Waals surface area contributed by atoms with Gasteiger partial charge in [0.05, 0.1) is 35.6 Å². The third-order valence-corrected chi connectivity index (χ3v) is 11.6. The van der Waals surface area contributed by atoms with Crippen molar-refractivity contribution < 1.29 is 56.7 Å². The summed E-state index contributed by atoms with van der Waals surface area (Å²) in [5, 5.41) is 14.5. The minimum Gasteiger partial charge on any atom is -0.495 e. The van der Waals surface area contributed by atoms with Crippen molar-refractivity contribution >= 4 is 46.9 Å². The molecule has 14 nitrogen and oxygen atoms in total. The highest BCUT2D eigenvalue weighted by molar-refractivity contribution is 6.35. The molecule has 57 heavy (non-hydrogen) atoms. The van der Waals surface area contributed by atoms with Gasteiger partial charge in [0.1, 0.15) is 40.7 Å². The largest absolute Gasteiger partial charge is 0.495 e. The van der Waals surface area contributed by atoms with Gasteiger partial charge in [0.15, 0.2) is 5.72 Å². The standard InChI is InChI=1S/C40H49ClF2N4O10/c1-20-10-9-11-31(54-8)40(52)19-30(55-38(51)45-40)21(2)34-39(4,13-12-32(48)47(6)28-15-23(14-20)16-29(53-7)33(28)41)37(56-34)57-36(50)22(3)46(5)35(49)24-17-26(43)27(44)18-25(24)42/h9-11,15-18,21-22,30-31,34,37,52H,12-14,19,44H2,1-8H3,(H,45,51)/b11-9+,20-10+/t21-,22+,30+,31-,34+,37+,39-,40+/m1/s1. The van der Waals surface area contributed by atoms with Gasteiger partial charge >= 0.3 is 12.1 Å². The second kappa shape index (κ2) is 17.0. The lowest BCUT2D eigenvalue weighted by Gasteiger charge is -2.56. The maximum absolute atomic E-state index is 14.6. The third-order valence-electron chi connectivity index (χ3n) is 11.2. The van der Waals surface area contributed by atoms with Crippen LogP contribution >= 0.6 is 11.6 Å². The Morgan fingerprint density at radius 3 is 2.54 bits per heavy atom. The quantitative estimate of drug-likeness (QED) is 0.255. The van der Waals surface area contributed by atoms with E-state index in [9.17, 15) is 33.1 Å². The number of rotatable bonds is 6. The van der Waals surface area contributed by atoms with Crippen molar-refractivity contribution in [2.75, 3.05) is 38.9 Å². The summed E-state index contributed by atoms with van der Waals surface area (Å²) in [7, 11) is 5.69. The van der Waals surface area contributed by atoms with Crippen molar-refractivity contribution in [2.24, 2.45) is 11.3 Å². The molecule has 3 aliphatic heterocycles. The third kappa shape index (κ3) is 8.73. The molecular weight excluding hydrogens is 770 g/mol. The van der Waals surface area contributed by atoms with Crippen molar-refractivity contribution in [1.29, 1.82) is 0 Å². The number of halogens is 3. The fourth-order valence-corrected chi connectivity index (χ4v) is 7.78. The summed E-state index contributed by atoms with van der Waals surface area (Å²) in [6, 6.07) is 3.59. The number of amides is 3. The van der Waals surface area contributed by atoms with Crippen LogP contribution in [0.15, 0.2) is 48.1 Å². The Labute approximate surface area is 334 Å². The average Bonchev–Trinajstić information content (AvgIpc) is 3.16. The number of benzene rings is 2. The molecule has 2 aromatic carbocycles. The summed E-state index contributed by atoms with van der Waals surface area (Å²) >= 11 is 6.73. The normalized spacial score (nSPS) is 30.0. The van der Waals surface area contributed by atoms with Crippen LogP contribution in [0.2, 0.25) is 5.02 Å². The highest BCUT2D eigenvalue weighted by Crippen LogP contribution is 2.51. The Morgan fingerprint density at radius 2 is 1.88 bits per heavy atom. The van der Waals surface area contributed by atoms with E-state index in [1.165, 1.54) is 33.1 Å². The van der Waals surface area contributed by atoms with Crippen LogP contribution in [-0.2, 0) is 35.0 Å². The first kappa shape index (κ1) is 43.4. The maximum atomic E-state index is 14.6. The molecule has 0 radical (unpaired) electrons. The second-order valence-electron chi connectivity index (χ2n) is 15.1. The number of fused-ring (bicyclic) bond motifs is 5. The molecule has 0 spiro atoms. The molecule has 4 N–H and O–H groups in total. The lowest BCUT2D eigenvalue weighted by molar-refractivity contribution is -0.354. The summed E-state index contributed by atoms with van der Waals surface area (Å²) in [4.78, 5) is 55.9. The fraction of sp³-hybridized carbons (Fsp3) is 0.500. The van der Waals surface area contributed by atoms with Gasteiger partial charge in [-0.1, -0.05) is 49.2 Å². The molecule has 3 heterocycles. The molecule has 2 fully saturated rings. The number of ether oxygens (including phenoxy) is 5. The molecule has 5 rings (SSSR count). The summed E-state index contributed by atoms with van der Waals surface area (Å²) < 4.78 is 57.7. The van der Waals surface area contributed by atoms with Crippen LogP contribution in [0, 0.1) is 23.0 Å². The predicted molar refractivity (Wildman–Crippen MR) is 205 cm³/mol. The highest BCUT2D eigenvalue weighted by atomic mass is 35.5. The molecule has 2 saturated heterocycles. The number of likely N-dealkylation sites (N-methyl/N-ethyl adjacent to an activating group) is 1. The Kier molecular flexibility index (Phi) is 12.9. The molecule has 17 heteroatoms. The molecule has 0 unspecified atom stereocenters. The first-order chi connectivity index (χ1) is 26.7. The van der Waals surface area contributed by atoms with Crippen LogP contribution in [0.3, 0.4) is 0 Å². The molecular formula is C40H49ClF2N4O10. The number of nitrogen functional groups attached to an aromatic ring is 1. The van der Waals surface area contributed by atoms with E-state index < -0.39 is 88.6 Å². The van der Waals surface area contributed by atoms with Crippen LogP contribution < -0.4 is 20.7 Å². The van der Waals surface area contributed by atoms with Gasteiger partial charge in [0.2, 0.25) is 12.2 Å². The Morgan fingerprint density at radius 1 is 1.18 bits per heavy atom. The number of hydrogen-bond donors (Lipinski definition) is 3. The van der Waals surface area contributed by atoms with E-state index in [0.29, 0.717) is 30.0 Å². The number of nitrogens with zero attached hydrogens (tertiary/aromatic N) is 2. The van der Waals surface area contributed by atoms with Gasteiger partial charge in [-0.3, -0.25) is 14.9 Å². The lowest BCUT2D eigenvalue weighted by Crippen LogP contribution is -2.68. The number of nitrogens with one attached hydrogen (secondary N) is 1. The number of methoxy groups -OCH3 is 2. The Hall–Kier alpha value is -4.77. The molecule has 0 aromatic heterocycles. The van der Waals surface area contributed by atoms with Gasteiger partial charge in [-0.05, 0) is 50.5 Å². The smallest absolute Gasteiger partial charge is 0.409 e. The van der Waals surface area contributed by atoms with Gasteiger partial charge in [-0.25, -0.2) is 18.4 Å². The zero-order valence-corrected chi connectivity index (χ0v) is 33.8. The number of carbonyl (C=O) groups excluding carboxylic acids is 4. The molecule has 2 aromatic rings. The van der Waals surface area contributed by atoms with Crippen molar-refractivity contribution in [2.45, 2.75) is 89.7 Å². The minimum atomic E-state index is -1.90. The van der Waals surface area contributed by atoms with Gasteiger partial charge in [0, 0.05) is 46.0 Å². The Balaban J connectivity index is 1.48. The Bertz CT molecular complexity index is 1980. The number of alkyl carbamates (subject to hydrolysis) is 1. The van der Waals surface area contributed by atoms with E-state index in [4.69, 9.17) is 41.0 Å². The molecule has 4 bridgehead atoms. The topological polar surface area (TPSA) is 179 Å². The zero-order chi connectivity index (χ0) is 42.1. The predicted octanol–water partition coefficient (Wildman–Crippen LogP) is 5.28. The lowest BCUT2D eigenvalue weighted by atomic mass is 9.68. The van der Waals surface area contributed by atoms with Crippen molar-refractivity contribution in [1.82, 2.24) is 10.2 Å². The number of allylic oxidation sites excluding steroid dienone is 3. The highest BCUT2D eigenvalue weighted by Gasteiger charge is 2.60. The van der Waals surface area contributed by atoms with Crippen molar-refractivity contribution in [3.05, 3.63) is 75.9 Å². The molecule has 3 amide bonds. The van der Waals surface area contributed by atoms with Gasteiger partial charge in [-0.2, -0.15) is 0 Å². The van der Waals surface area contributed by atoms with Gasteiger partial charge in [-0.15, -0.1) is 0 Å². The van der Waals surface area contributed by atoms with Crippen molar-refractivity contribution in [3.63, 3.8) is 0 Å². The summed E-state index contributed by atoms with van der Waals surface area (Å²) in [5.74, 6) is -4.62. The molecule has 3 aliphatic rings. The van der Waals surface area contributed by atoms with Crippen LogP contribution in [-0.4, -0.2) is 98.6 Å². The first-order valence-electron chi connectivity index (χ1n) is 18.3. The van der Waals surface area contributed by atoms with E-state index in [0.717, 1.165) is 16.0 Å². The van der Waals surface area contributed by atoms with E-state index in [1.807, 2.05) is 13.0 Å². The molecule has 0 aliphatic carbocycles. The van der Waals surface area contributed by atoms with Crippen molar-refractivity contribution in [3.8, 4) is 5.75 Å². The number of nitrogens with two attached hydrogens (primary N) is 1. The number of anilines is 2. The summed E-state index contributed by atoms with van der Waals surface area (Å²) in [5.41, 5.74) is 3.42. The molecule has 0 saturated carbocycles. The SMILES string of the molecule is COc1cc2cc(c1Cl)N(C)C(=O)CC[C@@]1(C)[C@H](OC(=O)[C@H](C)N(C)C(=O)c3cc(F)c(N)cc3F)O[C@H]1[C@H](C)[C@@H]1C[C@@](O)(NC(=O)O1)[C@H](OC)/C=C/C=C(\C)C2. The number of esters is 1. The monoisotopic (exact) mass is 818 g/mol. The molecule has 310 valence electrons. The number of aliphatic hydroxyl groups is 1. The summed E-state index contributed by atoms with van der Waals surface area (Å²) in [6.45, 7) is 6.75. The minimum absolute atomic E-state index is 0.0863. The summed E-state index contributed by atoms with van der Waals surface area (Å²) in [6.07, 6.45) is 0.603. The number of carbonyl (C=O) groups is 4.